The standard InChI is InChI=1S/C13H20N2S/c1-10-6-11(14)8-12(7-10)15-9-13-4-2-3-5-16-13/h6-8,13,15H,2-5,9,14H2,1H3. The van der Waals surface area contributed by atoms with Crippen molar-refractivity contribution in [1.82, 2.24) is 0 Å². The van der Waals surface area contributed by atoms with Gasteiger partial charge in [0.1, 0.15) is 0 Å². The number of hydrogen-bond donors (Lipinski definition) is 2. The van der Waals surface area contributed by atoms with Crippen LogP contribution in [0.5, 0.6) is 0 Å². The molecule has 1 heterocycles. The molecule has 0 saturated carbocycles. The van der Waals surface area contributed by atoms with Crippen LogP contribution in [0.15, 0.2) is 18.2 Å². The fourth-order valence-corrected chi connectivity index (χ4v) is 3.35. The highest BCUT2D eigenvalue weighted by atomic mass is 32.2. The third-order valence-corrected chi connectivity index (χ3v) is 4.31. The molecule has 1 aromatic carbocycles. The highest BCUT2D eigenvalue weighted by Gasteiger charge is 2.13. The Kier molecular flexibility index (Phi) is 3.99. The van der Waals surface area contributed by atoms with Crippen molar-refractivity contribution in [1.29, 1.82) is 0 Å². The number of aryl methyl sites for hydroxylation is 1. The molecule has 0 aliphatic carbocycles. The highest BCUT2D eigenvalue weighted by Crippen LogP contribution is 2.25. The lowest BCUT2D eigenvalue weighted by Crippen LogP contribution is -2.20. The van der Waals surface area contributed by atoms with Gasteiger partial charge in [0.25, 0.3) is 0 Å². The van der Waals surface area contributed by atoms with Crippen molar-refractivity contribution in [2.45, 2.75) is 31.4 Å². The van der Waals surface area contributed by atoms with Gasteiger partial charge in [0.05, 0.1) is 0 Å². The molecule has 1 unspecified atom stereocenters. The van der Waals surface area contributed by atoms with Crippen LogP contribution in [0, 0.1) is 6.92 Å². The quantitative estimate of drug-likeness (QED) is 0.791. The Morgan fingerprint density at radius 3 is 2.94 bits per heavy atom. The molecule has 1 aromatic rings. The van der Waals surface area contributed by atoms with Crippen LogP contribution in [0.2, 0.25) is 0 Å². The molecule has 1 atom stereocenters. The van der Waals surface area contributed by atoms with Gasteiger partial charge in [0, 0.05) is 23.2 Å². The SMILES string of the molecule is Cc1cc(N)cc(NCC2CCCCS2)c1. The number of anilines is 2. The molecule has 0 radical (unpaired) electrons. The van der Waals surface area contributed by atoms with E-state index >= 15 is 0 Å². The van der Waals surface area contributed by atoms with Crippen LogP contribution in [0.3, 0.4) is 0 Å². The second-order valence-corrected chi connectivity index (χ2v) is 5.91. The molecule has 16 heavy (non-hydrogen) atoms. The molecule has 2 rings (SSSR count). The largest absolute Gasteiger partial charge is 0.399 e. The summed E-state index contributed by atoms with van der Waals surface area (Å²) in [6, 6.07) is 6.17. The van der Waals surface area contributed by atoms with E-state index in [4.69, 9.17) is 5.73 Å². The van der Waals surface area contributed by atoms with Gasteiger partial charge >= 0.3 is 0 Å². The minimum absolute atomic E-state index is 0.774. The Morgan fingerprint density at radius 2 is 2.25 bits per heavy atom. The van der Waals surface area contributed by atoms with Gasteiger partial charge < -0.3 is 11.1 Å². The molecule has 0 spiro atoms. The normalized spacial score (nSPS) is 20.7. The Morgan fingerprint density at radius 1 is 1.38 bits per heavy atom. The molecule has 1 fully saturated rings. The minimum Gasteiger partial charge on any atom is -0.399 e. The van der Waals surface area contributed by atoms with E-state index in [2.05, 4.69) is 30.1 Å². The lowest BCUT2D eigenvalue weighted by molar-refractivity contribution is 0.677. The van der Waals surface area contributed by atoms with Crippen molar-refractivity contribution in [2.24, 2.45) is 0 Å². The van der Waals surface area contributed by atoms with E-state index < -0.39 is 0 Å². The maximum atomic E-state index is 5.82. The first-order valence-corrected chi connectivity index (χ1v) is 7.01. The second-order valence-electron chi connectivity index (χ2n) is 4.50. The molecule has 3 heteroatoms. The minimum atomic E-state index is 0.774. The number of benzene rings is 1. The molecule has 0 aromatic heterocycles. The van der Waals surface area contributed by atoms with Crippen LogP contribution in [0.4, 0.5) is 11.4 Å². The fourth-order valence-electron chi connectivity index (χ4n) is 2.11. The smallest absolute Gasteiger partial charge is 0.0363 e. The van der Waals surface area contributed by atoms with Crippen molar-refractivity contribution < 1.29 is 0 Å². The van der Waals surface area contributed by atoms with Crippen LogP contribution in [0.25, 0.3) is 0 Å². The average molecular weight is 236 g/mol. The molecule has 88 valence electrons. The number of nitrogens with one attached hydrogen (secondary N) is 1. The molecule has 2 nitrogen and oxygen atoms in total. The van der Waals surface area contributed by atoms with Crippen molar-refractivity contribution in [2.75, 3.05) is 23.3 Å². The molecular formula is C13H20N2S. The summed E-state index contributed by atoms with van der Waals surface area (Å²) in [5, 5.41) is 4.27. The van der Waals surface area contributed by atoms with Crippen LogP contribution in [0.1, 0.15) is 24.8 Å². The van der Waals surface area contributed by atoms with E-state index in [9.17, 15) is 0 Å². The van der Waals surface area contributed by atoms with Gasteiger partial charge in [0.15, 0.2) is 0 Å². The van der Waals surface area contributed by atoms with Gasteiger partial charge in [-0.3, -0.25) is 0 Å². The number of hydrogen-bond acceptors (Lipinski definition) is 3. The molecule has 1 aliphatic rings. The maximum absolute atomic E-state index is 5.82. The zero-order valence-electron chi connectivity index (χ0n) is 9.83. The van der Waals surface area contributed by atoms with E-state index in [-0.39, 0.29) is 0 Å². The van der Waals surface area contributed by atoms with Crippen molar-refractivity contribution in [3.05, 3.63) is 23.8 Å². The van der Waals surface area contributed by atoms with Crippen LogP contribution >= 0.6 is 11.8 Å². The zero-order valence-corrected chi connectivity index (χ0v) is 10.6. The van der Waals surface area contributed by atoms with E-state index in [1.54, 1.807) is 0 Å². The van der Waals surface area contributed by atoms with Crippen molar-refractivity contribution in [3.63, 3.8) is 0 Å². The lowest BCUT2D eigenvalue weighted by atomic mass is 10.1. The Hall–Kier alpha value is -0.830. The van der Waals surface area contributed by atoms with Gasteiger partial charge in [-0.05, 0) is 49.3 Å². The third-order valence-electron chi connectivity index (χ3n) is 2.91. The van der Waals surface area contributed by atoms with Gasteiger partial charge in [-0.1, -0.05) is 6.42 Å². The third kappa shape index (κ3) is 3.34. The van der Waals surface area contributed by atoms with E-state index in [1.807, 2.05) is 12.1 Å². The topological polar surface area (TPSA) is 38.0 Å². The van der Waals surface area contributed by atoms with E-state index in [1.165, 1.54) is 30.6 Å². The summed E-state index contributed by atoms with van der Waals surface area (Å²) >= 11 is 2.10. The van der Waals surface area contributed by atoms with Gasteiger partial charge in [0.2, 0.25) is 0 Å². The first kappa shape index (κ1) is 11.6. The number of rotatable bonds is 3. The average Bonchev–Trinajstić information content (AvgIpc) is 2.27. The molecule has 1 aliphatic heterocycles. The van der Waals surface area contributed by atoms with Crippen LogP contribution in [-0.2, 0) is 0 Å². The number of nitrogen functional groups attached to an aromatic ring is 1. The predicted molar refractivity (Wildman–Crippen MR) is 74.2 cm³/mol. The first-order valence-electron chi connectivity index (χ1n) is 5.97. The number of thioether (sulfide) groups is 1. The summed E-state index contributed by atoms with van der Waals surface area (Å²) in [6.07, 6.45) is 4.12. The fraction of sp³-hybridized carbons (Fsp3) is 0.538. The van der Waals surface area contributed by atoms with Crippen LogP contribution in [-0.4, -0.2) is 17.5 Å². The molecule has 0 amide bonds. The molecule has 3 N–H and O–H groups in total. The number of nitrogens with two attached hydrogens (primary N) is 1. The summed E-state index contributed by atoms with van der Waals surface area (Å²) in [7, 11) is 0. The van der Waals surface area contributed by atoms with Gasteiger partial charge in [-0.15, -0.1) is 0 Å². The predicted octanol–water partition coefficient (Wildman–Crippen LogP) is 3.27. The summed E-state index contributed by atoms with van der Waals surface area (Å²) in [6.45, 7) is 3.14. The Balaban J connectivity index is 1.88. The van der Waals surface area contributed by atoms with E-state index in [0.717, 1.165) is 23.2 Å². The summed E-state index contributed by atoms with van der Waals surface area (Å²) < 4.78 is 0. The van der Waals surface area contributed by atoms with Crippen molar-refractivity contribution in [3.8, 4) is 0 Å². The monoisotopic (exact) mass is 236 g/mol. The molecule has 1 saturated heterocycles. The molecular weight excluding hydrogens is 216 g/mol. The second kappa shape index (κ2) is 5.48. The highest BCUT2D eigenvalue weighted by molar-refractivity contribution is 7.99. The Bertz CT molecular complexity index is 326. The Labute approximate surface area is 102 Å². The van der Waals surface area contributed by atoms with Gasteiger partial charge in [-0.25, -0.2) is 0 Å². The first-order chi connectivity index (χ1) is 7.74. The van der Waals surface area contributed by atoms with Gasteiger partial charge in [-0.2, -0.15) is 11.8 Å². The van der Waals surface area contributed by atoms with Crippen molar-refractivity contribution >= 4 is 23.1 Å². The zero-order chi connectivity index (χ0) is 11.4. The summed E-state index contributed by atoms with van der Waals surface area (Å²) in [5.41, 5.74) is 9.05. The molecule has 0 bridgehead atoms. The summed E-state index contributed by atoms with van der Waals surface area (Å²) in [5.74, 6) is 1.32. The van der Waals surface area contributed by atoms with Crippen LogP contribution < -0.4 is 11.1 Å². The summed E-state index contributed by atoms with van der Waals surface area (Å²) in [4.78, 5) is 0. The van der Waals surface area contributed by atoms with E-state index in [0.29, 0.717) is 0 Å². The maximum Gasteiger partial charge on any atom is 0.0363 e. The lowest BCUT2D eigenvalue weighted by Gasteiger charge is -2.22.